The minimum atomic E-state index is 0.103. The van der Waals surface area contributed by atoms with Gasteiger partial charge in [-0.25, -0.2) is 0 Å². The van der Waals surface area contributed by atoms with Gasteiger partial charge in [0.05, 0.1) is 0 Å². The molecular formula is C17H19NO3. The zero-order chi connectivity index (χ0) is 14.7. The van der Waals surface area contributed by atoms with Crippen LogP contribution in [0.25, 0.3) is 6.08 Å². The first-order valence-corrected chi connectivity index (χ1v) is 7.27. The van der Waals surface area contributed by atoms with Crippen molar-refractivity contribution in [2.45, 2.75) is 19.8 Å². The number of hydrogen-bond acceptors (Lipinski definition) is 3. The summed E-state index contributed by atoms with van der Waals surface area (Å²) in [6, 6.07) is 5.83. The maximum atomic E-state index is 11.9. The largest absolute Gasteiger partial charge is 0.454 e. The van der Waals surface area contributed by atoms with E-state index in [-0.39, 0.29) is 12.7 Å². The fourth-order valence-electron chi connectivity index (χ4n) is 2.56. The van der Waals surface area contributed by atoms with Gasteiger partial charge >= 0.3 is 0 Å². The van der Waals surface area contributed by atoms with Crippen molar-refractivity contribution < 1.29 is 14.3 Å². The Morgan fingerprint density at radius 1 is 1.14 bits per heavy atom. The SMILES string of the molecule is CC(/C=C/C(=O)N1CCCC1)=C\c1ccc2c(c1)OCO2. The van der Waals surface area contributed by atoms with Gasteiger partial charge in [-0.15, -0.1) is 0 Å². The number of carbonyl (C=O) groups is 1. The average molecular weight is 285 g/mol. The van der Waals surface area contributed by atoms with Gasteiger partial charge in [0.15, 0.2) is 11.5 Å². The molecule has 2 aliphatic rings. The minimum Gasteiger partial charge on any atom is -0.454 e. The lowest BCUT2D eigenvalue weighted by Crippen LogP contribution is -2.25. The van der Waals surface area contributed by atoms with Gasteiger partial charge in [-0.2, -0.15) is 0 Å². The van der Waals surface area contributed by atoms with Crippen molar-refractivity contribution in [3.05, 3.63) is 41.5 Å². The average Bonchev–Trinajstić information content (AvgIpc) is 3.15. The second kappa shape index (κ2) is 6.04. The third-order valence-electron chi connectivity index (χ3n) is 3.70. The smallest absolute Gasteiger partial charge is 0.246 e. The van der Waals surface area contributed by atoms with E-state index in [9.17, 15) is 4.79 Å². The second-order valence-electron chi connectivity index (χ2n) is 5.37. The molecule has 4 nitrogen and oxygen atoms in total. The van der Waals surface area contributed by atoms with E-state index < -0.39 is 0 Å². The fourth-order valence-corrected chi connectivity index (χ4v) is 2.56. The van der Waals surface area contributed by atoms with Crippen molar-refractivity contribution in [2.75, 3.05) is 19.9 Å². The molecule has 4 heteroatoms. The minimum absolute atomic E-state index is 0.103. The highest BCUT2D eigenvalue weighted by Crippen LogP contribution is 2.33. The number of ether oxygens (including phenoxy) is 2. The van der Waals surface area contributed by atoms with E-state index >= 15 is 0 Å². The summed E-state index contributed by atoms with van der Waals surface area (Å²) in [6.07, 6.45) is 7.78. The lowest BCUT2D eigenvalue weighted by atomic mass is 10.1. The maximum absolute atomic E-state index is 11.9. The molecule has 0 saturated carbocycles. The lowest BCUT2D eigenvalue weighted by Gasteiger charge is -2.11. The summed E-state index contributed by atoms with van der Waals surface area (Å²) in [5, 5.41) is 0. The highest BCUT2D eigenvalue weighted by atomic mass is 16.7. The van der Waals surface area contributed by atoms with Crippen LogP contribution in [0.3, 0.4) is 0 Å². The van der Waals surface area contributed by atoms with Gasteiger partial charge in [-0.05, 0) is 37.5 Å². The van der Waals surface area contributed by atoms with Gasteiger partial charge in [0.1, 0.15) is 0 Å². The Kier molecular flexibility index (Phi) is 3.95. The van der Waals surface area contributed by atoms with Crippen LogP contribution in [0, 0.1) is 0 Å². The summed E-state index contributed by atoms with van der Waals surface area (Å²) in [7, 11) is 0. The van der Waals surface area contributed by atoms with Crippen LogP contribution in [0.1, 0.15) is 25.3 Å². The topological polar surface area (TPSA) is 38.8 Å². The molecule has 2 aliphatic heterocycles. The van der Waals surface area contributed by atoms with Crippen molar-refractivity contribution in [1.29, 1.82) is 0 Å². The van der Waals surface area contributed by atoms with Crippen LogP contribution >= 0.6 is 0 Å². The van der Waals surface area contributed by atoms with Crippen LogP contribution in [0.15, 0.2) is 35.9 Å². The monoisotopic (exact) mass is 285 g/mol. The number of likely N-dealkylation sites (tertiary alicyclic amines) is 1. The van der Waals surface area contributed by atoms with E-state index in [1.165, 1.54) is 0 Å². The van der Waals surface area contributed by atoms with Crippen molar-refractivity contribution in [3.8, 4) is 11.5 Å². The number of benzene rings is 1. The quantitative estimate of drug-likeness (QED) is 0.633. The Morgan fingerprint density at radius 2 is 1.90 bits per heavy atom. The molecule has 1 amide bonds. The summed E-state index contributed by atoms with van der Waals surface area (Å²) in [6.45, 7) is 4.03. The van der Waals surface area contributed by atoms with Gasteiger partial charge in [0.25, 0.3) is 0 Å². The molecule has 3 rings (SSSR count). The number of hydrogen-bond donors (Lipinski definition) is 0. The van der Waals surface area contributed by atoms with E-state index in [1.807, 2.05) is 42.2 Å². The van der Waals surface area contributed by atoms with Gasteiger partial charge in [0.2, 0.25) is 12.7 Å². The van der Waals surface area contributed by atoms with E-state index in [0.717, 1.165) is 48.6 Å². The van der Waals surface area contributed by atoms with Gasteiger partial charge in [-0.3, -0.25) is 4.79 Å². The number of nitrogens with zero attached hydrogens (tertiary/aromatic N) is 1. The van der Waals surface area contributed by atoms with Crippen LogP contribution in [0.4, 0.5) is 0 Å². The molecule has 0 aliphatic carbocycles. The van der Waals surface area contributed by atoms with E-state index in [0.29, 0.717) is 0 Å². The van der Waals surface area contributed by atoms with Crippen molar-refractivity contribution in [2.24, 2.45) is 0 Å². The molecule has 1 aromatic rings. The zero-order valence-electron chi connectivity index (χ0n) is 12.2. The predicted octanol–water partition coefficient (Wildman–Crippen LogP) is 3.00. The third-order valence-corrected chi connectivity index (χ3v) is 3.70. The number of fused-ring (bicyclic) bond motifs is 1. The van der Waals surface area contributed by atoms with Gasteiger partial charge < -0.3 is 14.4 Å². The van der Waals surface area contributed by atoms with Crippen LogP contribution in [0.2, 0.25) is 0 Å². The molecule has 2 heterocycles. The number of allylic oxidation sites excluding steroid dienone is 2. The molecule has 0 atom stereocenters. The van der Waals surface area contributed by atoms with Crippen molar-refractivity contribution >= 4 is 12.0 Å². The molecule has 110 valence electrons. The fraction of sp³-hybridized carbons (Fsp3) is 0.353. The Hall–Kier alpha value is -2.23. The standard InChI is InChI=1S/C17H19NO3/c1-13(4-7-17(19)18-8-2-3-9-18)10-14-5-6-15-16(11-14)21-12-20-15/h4-7,10-11H,2-3,8-9,12H2,1H3/b7-4+,13-10+. The molecule has 0 spiro atoms. The van der Waals surface area contributed by atoms with E-state index in [1.54, 1.807) is 6.08 Å². The molecule has 1 saturated heterocycles. The summed E-state index contributed by atoms with van der Waals surface area (Å²) < 4.78 is 10.6. The van der Waals surface area contributed by atoms with Gasteiger partial charge in [0, 0.05) is 19.2 Å². The van der Waals surface area contributed by atoms with Crippen molar-refractivity contribution in [3.63, 3.8) is 0 Å². The predicted molar refractivity (Wildman–Crippen MR) is 81.2 cm³/mol. The highest BCUT2D eigenvalue weighted by molar-refractivity contribution is 5.88. The zero-order valence-corrected chi connectivity index (χ0v) is 12.2. The number of rotatable bonds is 3. The Morgan fingerprint density at radius 3 is 2.71 bits per heavy atom. The van der Waals surface area contributed by atoms with Crippen LogP contribution in [-0.4, -0.2) is 30.7 Å². The number of carbonyl (C=O) groups excluding carboxylic acids is 1. The third kappa shape index (κ3) is 3.27. The van der Waals surface area contributed by atoms with E-state index in [4.69, 9.17) is 9.47 Å². The van der Waals surface area contributed by atoms with Crippen LogP contribution in [-0.2, 0) is 4.79 Å². The summed E-state index contributed by atoms with van der Waals surface area (Å²) in [5.74, 6) is 1.66. The lowest BCUT2D eigenvalue weighted by molar-refractivity contribution is -0.124. The molecule has 0 N–H and O–H groups in total. The molecule has 0 unspecified atom stereocenters. The second-order valence-corrected chi connectivity index (χ2v) is 5.37. The van der Waals surface area contributed by atoms with E-state index in [2.05, 4.69) is 0 Å². The van der Waals surface area contributed by atoms with Gasteiger partial charge in [-0.1, -0.05) is 23.8 Å². The summed E-state index contributed by atoms with van der Waals surface area (Å²) >= 11 is 0. The number of amides is 1. The maximum Gasteiger partial charge on any atom is 0.246 e. The molecular weight excluding hydrogens is 266 g/mol. The first-order chi connectivity index (χ1) is 10.2. The van der Waals surface area contributed by atoms with Crippen LogP contribution in [0.5, 0.6) is 11.5 Å². The van der Waals surface area contributed by atoms with Crippen molar-refractivity contribution in [1.82, 2.24) is 4.90 Å². The molecule has 0 bridgehead atoms. The molecule has 21 heavy (non-hydrogen) atoms. The molecule has 1 fully saturated rings. The molecule has 0 radical (unpaired) electrons. The molecule has 0 aromatic heterocycles. The summed E-state index contributed by atoms with van der Waals surface area (Å²) in [5.41, 5.74) is 2.07. The first-order valence-electron chi connectivity index (χ1n) is 7.27. The Labute approximate surface area is 124 Å². The molecule has 1 aromatic carbocycles. The first kappa shape index (κ1) is 13.7. The normalized spacial score (nSPS) is 17.8. The Bertz CT molecular complexity index is 598. The summed E-state index contributed by atoms with van der Waals surface area (Å²) in [4.78, 5) is 13.8. The van der Waals surface area contributed by atoms with Crippen LogP contribution < -0.4 is 9.47 Å². The highest BCUT2D eigenvalue weighted by Gasteiger charge is 2.15. The Balaban J connectivity index is 1.66.